The molecule has 0 saturated carbocycles. The summed E-state index contributed by atoms with van der Waals surface area (Å²) in [5, 5.41) is 10.3. The Morgan fingerprint density at radius 1 is 1.11 bits per heavy atom. The maximum atomic E-state index is 12.9. The molecule has 0 aliphatic heterocycles. The van der Waals surface area contributed by atoms with E-state index in [0.29, 0.717) is 16.0 Å². The molecule has 4 rings (SSSR count). The Morgan fingerprint density at radius 2 is 1.93 bits per heavy atom. The number of para-hydroxylation sites is 1. The number of halogens is 2. The molecule has 27 heavy (non-hydrogen) atoms. The minimum Gasteiger partial charge on any atom is -0.236 e. The number of aromatic nitrogens is 3. The van der Waals surface area contributed by atoms with Crippen molar-refractivity contribution in [3.63, 3.8) is 0 Å². The number of thioether (sulfide) groups is 1. The van der Waals surface area contributed by atoms with Crippen LogP contribution in [-0.2, 0) is 5.75 Å². The molecule has 0 bridgehead atoms. The SMILES string of the molecule is Fc1ccc(/C=N/c2nnc(SCc3cc4ccccc4nc3Cl)s2)cc1. The highest BCUT2D eigenvalue weighted by Crippen LogP contribution is 2.32. The van der Waals surface area contributed by atoms with E-state index in [0.717, 1.165) is 26.4 Å². The lowest BCUT2D eigenvalue weighted by Crippen LogP contribution is -1.88. The second-order valence-electron chi connectivity index (χ2n) is 5.58. The molecule has 0 atom stereocenters. The summed E-state index contributed by atoms with van der Waals surface area (Å²) in [6, 6.07) is 16.0. The Kier molecular flexibility index (Phi) is 5.42. The van der Waals surface area contributed by atoms with Crippen LogP contribution in [-0.4, -0.2) is 21.4 Å². The van der Waals surface area contributed by atoms with Gasteiger partial charge in [0.25, 0.3) is 0 Å². The largest absolute Gasteiger partial charge is 0.236 e. The Balaban J connectivity index is 1.44. The third kappa shape index (κ3) is 4.50. The van der Waals surface area contributed by atoms with Gasteiger partial charge in [0, 0.05) is 22.9 Å². The molecule has 0 fully saturated rings. The van der Waals surface area contributed by atoms with Crippen LogP contribution in [0.3, 0.4) is 0 Å². The topological polar surface area (TPSA) is 51.0 Å². The standard InChI is InChI=1S/C19H12ClFN4S2/c20-17-14(9-13-3-1-2-4-16(13)23-17)11-26-19-25-24-18(27-19)22-10-12-5-7-15(21)8-6-12/h1-10H,11H2/b22-10+. The summed E-state index contributed by atoms with van der Waals surface area (Å²) >= 11 is 9.22. The van der Waals surface area contributed by atoms with Gasteiger partial charge in [-0.25, -0.2) is 14.4 Å². The summed E-state index contributed by atoms with van der Waals surface area (Å²) in [7, 11) is 0. The van der Waals surface area contributed by atoms with Crippen LogP contribution in [0.2, 0.25) is 5.15 Å². The first-order chi connectivity index (χ1) is 13.2. The van der Waals surface area contributed by atoms with Crippen molar-refractivity contribution in [2.45, 2.75) is 10.1 Å². The number of pyridine rings is 1. The molecule has 2 aromatic heterocycles. The molecule has 0 amide bonds. The van der Waals surface area contributed by atoms with E-state index in [-0.39, 0.29) is 5.82 Å². The first-order valence-corrected chi connectivity index (χ1v) is 10.2. The number of benzene rings is 2. The summed E-state index contributed by atoms with van der Waals surface area (Å²) in [4.78, 5) is 8.72. The highest BCUT2D eigenvalue weighted by atomic mass is 35.5. The molecule has 0 unspecified atom stereocenters. The Morgan fingerprint density at radius 3 is 2.78 bits per heavy atom. The van der Waals surface area contributed by atoms with Crippen molar-refractivity contribution >= 4 is 56.9 Å². The molecule has 2 aromatic carbocycles. The molecule has 4 nitrogen and oxygen atoms in total. The lowest BCUT2D eigenvalue weighted by atomic mass is 10.2. The van der Waals surface area contributed by atoms with Gasteiger partial charge in [0.05, 0.1) is 5.52 Å². The third-order valence-electron chi connectivity index (χ3n) is 3.69. The zero-order chi connectivity index (χ0) is 18.6. The van der Waals surface area contributed by atoms with Crippen LogP contribution >= 0.6 is 34.7 Å². The van der Waals surface area contributed by atoms with Crippen molar-refractivity contribution in [2.75, 3.05) is 0 Å². The summed E-state index contributed by atoms with van der Waals surface area (Å²) < 4.78 is 13.7. The van der Waals surface area contributed by atoms with E-state index < -0.39 is 0 Å². The summed E-state index contributed by atoms with van der Waals surface area (Å²) in [5.74, 6) is 0.371. The fourth-order valence-electron chi connectivity index (χ4n) is 2.37. The van der Waals surface area contributed by atoms with Crippen LogP contribution in [0.1, 0.15) is 11.1 Å². The number of hydrogen-bond donors (Lipinski definition) is 0. The summed E-state index contributed by atoms with van der Waals surface area (Å²) in [6.07, 6.45) is 1.64. The lowest BCUT2D eigenvalue weighted by Gasteiger charge is -2.04. The predicted octanol–water partition coefficient (Wildman–Crippen LogP) is 5.92. The minimum absolute atomic E-state index is 0.274. The molecule has 0 aliphatic carbocycles. The van der Waals surface area contributed by atoms with E-state index in [1.165, 1.54) is 35.2 Å². The van der Waals surface area contributed by atoms with Gasteiger partial charge >= 0.3 is 0 Å². The van der Waals surface area contributed by atoms with Gasteiger partial charge in [0.15, 0.2) is 4.34 Å². The average Bonchev–Trinajstić information content (AvgIpc) is 3.14. The van der Waals surface area contributed by atoms with E-state index >= 15 is 0 Å². The van der Waals surface area contributed by atoms with Gasteiger partial charge in [-0.05, 0) is 29.8 Å². The fourth-order valence-corrected chi connectivity index (χ4v) is 4.32. The van der Waals surface area contributed by atoms with Crippen LogP contribution < -0.4 is 0 Å². The summed E-state index contributed by atoms with van der Waals surface area (Å²) in [6.45, 7) is 0. The number of nitrogens with zero attached hydrogens (tertiary/aromatic N) is 4. The Labute approximate surface area is 168 Å². The van der Waals surface area contributed by atoms with Crippen molar-refractivity contribution in [3.8, 4) is 0 Å². The highest BCUT2D eigenvalue weighted by molar-refractivity contribution is 8.00. The smallest absolute Gasteiger partial charge is 0.232 e. The molecule has 0 N–H and O–H groups in total. The van der Waals surface area contributed by atoms with E-state index in [9.17, 15) is 4.39 Å². The fraction of sp³-hybridized carbons (Fsp3) is 0.0526. The molecule has 0 radical (unpaired) electrons. The van der Waals surface area contributed by atoms with Crippen LogP contribution in [0.15, 0.2) is 63.9 Å². The van der Waals surface area contributed by atoms with E-state index in [1.807, 2.05) is 30.3 Å². The Bertz CT molecular complexity index is 1110. The number of hydrogen-bond acceptors (Lipinski definition) is 6. The molecule has 2 heterocycles. The zero-order valence-corrected chi connectivity index (χ0v) is 16.2. The van der Waals surface area contributed by atoms with Crippen LogP contribution in [0.5, 0.6) is 0 Å². The van der Waals surface area contributed by atoms with E-state index in [4.69, 9.17) is 11.6 Å². The van der Waals surface area contributed by atoms with Crippen LogP contribution in [0.25, 0.3) is 10.9 Å². The van der Waals surface area contributed by atoms with E-state index in [1.54, 1.807) is 18.3 Å². The Hall–Kier alpha value is -2.35. The minimum atomic E-state index is -0.274. The number of aliphatic imine (C=N–C) groups is 1. The molecule has 0 aliphatic rings. The molecular formula is C19H12ClFN4S2. The van der Waals surface area contributed by atoms with Gasteiger partial charge in [0.1, 0.15) is 11.0 Å². The highest BCUT2D eigenvalue weighted by Gasteiger charge is 2.08. The van der Waals surface area contributed by atoms with Crippen molar-refractivity contribution in [1.29, 1.82) is 0 Å². The predicted molar refractivity (Wildman–Crippen MR) is 110 cm³/mol. The van der Waals surface area contributed by atoms with Gasteiger partial charge < -0.3 is 0 Å². The van der Waals surface area contributed by atoms with Crippen molar-refractivity contribution in [2.24, 2.45) is 4.99 Å². The summed E-state index contributed by atoms with van der Waals surface area (Å²) in [5.41, 5.74) is 2.63. The second-order valence-corrected chi connectivity index (χ2v) is 8.12. The van der Waals surface area contributed by atoms with Gasteiger partial charge in [0.2, 0.25) is 5.13 Å². The van der Waals surface area contributed by atoms with Crippen molar-refractivity contribution < 1.29 is 4.39 Å². The van der Waals surface area contributed by atoms with Crippen molar-refractivity contribution in [3.05, 3.63) is 76.7 Å². The van der Waals surface area contributed by atoms with Crippen LogP contribution in [0, 0.1) is 5.82 Å². The first kappa shape index (κ1) is 18.0. The first-order valence-electron chi connectivity index (χ1n) is 7.97. The van der Waals surface area contributed by atoms with E-state index in [2.05, 4.69) is 20.2 Å². The maximum Gasteiger partial charge on any atom is 0.232 e. The van der Waals surface area contributed by atoms with Gasteiger partial charge in [-0.15, -0.1) is 10.2 Å². The monoisotopic (exact) mass is 414 g/mol. The molecule has 4 aromatic rings. The molecular weight excluding hydrogens is 403 g/mol. The second kappa shape index (κ2) is 8.12. The van der Waals surface area contributed by atoms with Crippen LogP contribution in [0.4, 0.5) is 9.52 Å². The average molecular weight is 415 g/mol. The number of rotatable bonds is 5. The normalized spacial score (nSPS) is 11.5. The van der Waals surface area contributed by atoms with Crippen molar-refractivity contribution in [1.82, 2.24) is 15.2 Å². The lowest BCUT2D eigenvalue weighted by molar-refractivity contribution is 0.628. The molecule has 0 spiro atoms. The number of fused-ring (bicyclic) bond motifs is 1. The zero-order valence-electron chi connectivity index (χ0n) is 13.8. The maximum absolute atomic E-state index is 12.9. The third-order valence-corrected chi connectivity index (χ3v) is 6.03. The molecule has 0 saturated heterocycles. The molecule has 134 valence electrons. The van der Waals surface area contributed by atoms with Gasteiger partial charge in [-0.1, -0.05) is 65.0 Å². The molecule has 8 heteroatoms. The van der Waals surface area contributed by atoms with Gasteiger partial charge in [-0.3, -0.25) is 0 Å². The quantitative estimate of drug-likeness (QED) is 0.231. The van der Waals surface area contributed by atoms with Gasteiger partial charge in [-0.2, -0.15) is 0 Å².